The van der Waals surface area contributed by atoms with Gasteiger partial charge in [-0.05, 0) is 18.8 Å². The van der Waals surface area contributed by atoms with Crippen molar-refractivity contribution in [3.05, 3.63) is 11.8 Å². The highest BCUT2D eigenvalue weighted by Gasteiger charge is 2.09. The molecule has 0 unspecified atom stereocenters. The second-order valence-electron chi connectivity index (χ2n) is 3.23. The molecule has 0 radical (unpaired) electrons. The highest BCUT2D eigenvalue weighted by atomic mass is 14.5. The Morgan fingerprint density at radius 2 is 2.00 bits per heavy atom. The van der Waals surface area contributed by atoms with Gasteiger partial charge in [-0.25, -0.2) is 0 Å². The van der Waals surface area contributed by atoms with Crippen molar-refractivity contribution >= 4 is 0 Å². The summed E-state index contributed by atoms with van der Waals surface area (Å²) in [6, 6.07) is 0. The fraction of sp³-hybridized carbons (Fsp3) is 0.750. The third-order valence-corrected chi connectivity index (χ3v) is 1.53. The molecule has 0 atom stereocenters. The molecule has 0 aromatic carbocycles. The monoisotopic (exact) mass is 127 g/mol. The van der Waals surface area contributed by atoms with Crippen molar-refractivity contribution in [2.75, 3.05) is 0 Å². The summed E-state index contributed by atoms with van der Waals surface area (Å²) >= 11 is 0. The maximum Gasteiger partial charge on any atom is 0.00138 e. The normalized spacial score (nSPS) is 14.0. The molecule has 0 heterocycles. The second-order valence-corrected chi connectivity index (χ2v) is 3.23. The van der Waals surface area contributed by atoms with Gasteiger partial charge in [0.2, 0.25) is 0 Å². The average Bonchev–Trinajstić information content (AvgIpc) is 1.63. The molecule has 1 nitrogen and oxygen atoms in total. The Morgan fingerprint density at radius 1 is 1.56 bits per heavy atom. The highest BCUT2D eigenvalue weighted by Crippen LogP contribution is 2.21. The van der Waals surface area contributed by atoms with Crippen LogP contribution >= 0.6 is 0 Å². The van der Waals surface area contributed by atoms with Crippen LogP contribution < -0.4 is 5.73 Å². The molecule has 0 aromatic heterocycles. The van der Waals surface area contributed by atoms with Crippen LogP contribution in [-0.2, 0) is 0 Å². The summed E-state index contributed by atoms with van der Waals surface area (Å²) in [6.45, 7) is 8.46. The van der Waals surface area contributed by atoms with Gasteiger partial charge in [0.15, 0.2) is 0 Å². The number of nitrogens with two attached hydrogens (primary N) is 1. The zero-order valence-corrected chi connectivity index (χ0v) is 6.86. The van der Waals surface area contributed by atoms with Crippen LogP contribution in [0.25, 0.3) is 0 Å². The molecular formula is C8H17N. The molecule has 0 fully saturated rings. The summed E-state index contributed by atoms with van der Waals surface area (Å²) in [5.74, 6) is 0. The van der Waals surface area contributed by atoms with Crippen molar-refractivity contribution in [3.8, 4) is 0 Å². The van der Waals surface area contributed by atoms with Crippen LogP contribution in [0.5, 0.6) is 0 Å². The zero-order valence-electron chi connectivity index (χ0n) is 6.86. The maximum absolute atomic E-state index is 5.52. The molecule has 0 aliphatic heterocycles. The topological polar surface area (TPSA) is 26.0 Å². The van der Waals surface area contributed by atoms with Crippen molar-refractivity contribution in [2.45, 2.75) is 34.1 Å². The van der Waals surface area contributed by atoms with E-state index in [0.717, 1.165) is 12.1 Å². The molecule has 54 valence electrons. The molecule has 0 spiro atoms. The summed E-state index contributed by atoms with van der Waals surface area (Å²) < 4.78 is 0. The predicted octanol–water partition coefficient (Wildman–Crippen LogP) is 2.29. The number of hydrogen-bond acceptors (Lipinski definition) is 1. The molecule has 0 aromatic rings. The summed E-state index contributed by atoms with van der Waals surface area (Å²) in [6.07, 6.45) is 3.24. The minimum absolute atomic E-state index is 0.277. The molecule has 0 aliphatic rings. The van der Waals surface area contributed by atoms with E-state index < -0.39 is 0 Å². The molecule has 0 rings (SSSR count). The summed E-state index contributed by atoms with van der Waals surface area (Å²) in [7, 11) is 0. The van der Waals surface area contributed by atoms with Crippen molar-refractivity contribution in [2.24, 2.45) is 11.1 Å². The first-order valence-electron chi connectivity index (χ1n) is 3.43. The zero-order chi connectivity index (χ0) is 7.49. The van der Waals surface area contributed by atoms with Crippen LogP contribution in [0, 0.1) is 5.41 Å². The first-order chi connectivity index (χ1) is 3.98. The number of allylic oxidation sites excluding steroid dienone is 2. The first-order valence-corrected chi connectivity index (χ1v) is 3.43. The van der Waals surface area contributed by atoms with Gasteiger partial charge in [0.25, 0.3) is 0 Å². The number of rotatable bonds is 2. The van der Waals surface area contributed by atoms with Crippen molar-refractivity contribution < 1.29 is 0 Å². The van der Waals surface area contributed by atoms with Crippen molar-refractivity contribution in [1.82, 2.24) is 0 Å². The van der Waals surface area contributed by atoms with Gasteiger partial charge in [-0.1, -0.05) is 26.8 Å². The fourth-order valence-corrected chi connectivity index (χ4v) is 0.718. The lowest BCUT2D eigenvalue weighted by molar-refractivity contribution is 0.458. The van der Waals surface area contributed by atoms with E-state index in [0.29, 0.717) is 0 Å². The standard InChI is InChI=1S/C8H17N/c1-5-8(3,4)6-7(2)9/h6H,5,9H2,1-4H3/b7-6-. The molecule has 0 bridgehead atoms. The molecule has 9 heavy (non-hydrogen) atoms. The Bertz CT molecular complexity index is 108. The van der Waals surface area contributed by atoms with Gasteiger partial charge >= 0.3 is 0 Å². The van der Waals surface area contributed by atoms with Crippen LogP contribution in [0.2, 0.25) is 0 Å². The fourth-order valence-electron chi connectivity index (χ4n) is 0.718. The Kier molecular flexibility index (Phi) is 2.75. The van der Waals surface area contributed by atoms with E-state index in [-0.39, 0.29) is 5.41 Å². The van der Waals surface area contributed by atoms with Gasteiger partial charge in [-0.15, -0.1) is 0 Å². The van der Waals surface area contributed by atoms with Gasteiger partial charge < -0.3 is 5.73 Å². The summed E-state index contributed by atoms with van der Waals surface area (Å²) in [5.41, 5.74) is 6.71. The third-order valence-electron chi connectivity index (χ3n) is 1.53. The molecule has 0 saturated carbocycles. The SMILES string of the molecule is CCC(C)(C)/C=C(/C)N. The van der Waals surface area contributed by atoms with Gasteiger partial charge in [-0.3, -0.25) is 0 Å². The van der Waals surface area contributed by atoms with E-state index >= 15 is 0 Å². The minimum Gasteiger partial charge on any atom is -0.403 e. The van der Waals surface area contributed by atoms with Crippen LogP contribution in [-0.4, -0.2) is 0 Å². The van der Waals surface area contributed by atoms with E-state index in [1.54, 1.807) is 0 Å². The van der Waals surface area contributed by atoms with E-state index in [4.69, 9.17) is 5.73 Å². The third kappa shape index (κ3) is 4.07. The first kappa shape index (κ1) is 8.54. The maximum atomic E-state index is 5.52. The Morgan fingerprint density at radius 3 is 2.11 bits per heavy atom. The lowest BCUT2D eigenvalue weighted by atomic mass is 9.89. The molecule has 0 saturated heterocycles. The van der Waals surface area contributed by atoms with E-state index in [1.807, 2.05) is 6.92 Å². The van der Waals surface area contributed by atoms with E-state index in [1.165, 1.54) is 0 Å². The quantitative estimate of drug-likeness (QED) is 0.605. The minimum atomic E-state index is 0.277. The molecule has 0 aliphatic carbocycles. The predicted molar refractivity (Wildman–Crippen MR) is 42.0 cm³/mol. The van der Waals surface area contributed by atoms with Gasteiger partial charge in [0, 0.05) is 5.70 Å². The Labute approximate surface area is 57.9 Å². The van der Waals surface area contributed by atoms with Gasteiger partial charge in [0.1, 0.15) is 0 Å². The van der Waals surface area contributed by atoms with Crippen LogP contribution in [0.1, 0.15) is 34.1 Å². The van der Waals surface area contributed by atoms with Crippen LogP contribution in [0.3, 0.4) is 0 Å². The van der Waals surface area contributed by atoms with Crippen LogP contribution in [0.4, 0.5) is 0 Å². The Balaban J connectivity index is 4.01. The summed E-state index contributed by atoms with van der Waals surface area (Å²) in [5, 5.41) is 0. The lowest BCUT2D eigenvalue weighted by Crippen LogP contribution is -2.08. The van der Waals surface area contributed by atoms with E-state index in [2.05, 4.69) is 26.8 Å². The van der Waals surface area contributed by atoms with Crippen LogP contribution in [0.15, 0.2) is 11.8 Å². The van der Waals surface area contributed by atoms with Crippen molar-refractivity contribution in [1.29, 1.82) is 0 Å². The van der Waals surface area contributed by atoms with Gasteiger partial charge in [0.05, 0.1) is 0 Å². The largest absolute Gasteiger partial charge is 0.403 e. The molecule has 2 N–H and O–H groups in total. The summed E-state index contributed by atoms with van der Waals surface area (Å²) in [4.78, 5) is 0. The smallest absolute Gasteiger partial charge is 0.00138 e. The van der Waals surface area contributed by atoms with E-state index in [9.17, 15) is 0 Å². The highest BCUT2D eigenvalue weighted by molar-refractivity contribution is 5.00. The van der Waals surface area contributed by atoms with Gasteiger partial charge in [-0.2, -0.15) is 0 Å². The second kappa shape index (κ2) is 2.90. The molecule has 0 amide bonds. The average molecular weight is 127 g/mol. The number of hydrogen-bond donors (Lipinski definition) is 1. The molecular weight excluding hydrogens is 110 g/mol. The Hall–Kier alpha value is -0.460. The molecule has 1 heteroatoms. The lowest BCUT2D eigenvalue weighted by Gasteiger charge is -2.17. The van der Waals surface area contributed by atoms with Crippen molar-refractivity contribution in [3.63, 3.8) is 0 Å².